The second kappa shape index (κ2) is 8.15. The molecule has 0 aromatic heterocycles. The SMILES string of the molecule is COCCN1C(=O)NC(c2ccc(Cl)c([N+](=O)[O-])c2)C(C(=O)OC)=C1C. The van der Waals surface area contributed by atoms with E-state index in [9.17, 15) is 19.7 Å². The minimum absolute atomic E-state index is 0.0390. The summed E-state index contributed by atoms with van der Waals surface area (Å²) in [5, 5.41) is 13.8. The molecular weight excluding hydrogens is 366 g/mol. The average Bonchev–Trinajstić information content (AvgIpc) is 2.60. The molecule has 26 heavy (non-hydrogen) atoms. The van der Waals surface area contributed by atoms with E-state index in [2.05, 4.69) is 5.32 Å². The van der Waals surface area contributed by atoms with Crippen molar-refractivity contribution in [3.63, 3.8) is 0 Å². The summed E-state index contributed by atoms with van der Waals surface area (Å²) in [5.74, 6) is -0.646. The van der Waals surface area contributed by atoms with E-state index in [-0.39, 0.29) is 29.4 Å². The Morgan fingerprint density at radius 3 is 2.69 bits per heavy atom. The molecule has 1 aliphatic heterocycles. The maximum atomic E-state index is 12.4. The first kappa shape index (κ1) is 19.7. The Kier molecular flexibility index (Phi) is 6.17. The predicted octanol–water partition coefficient (Wildman–Crippen LogP) is 2.41. The van der Waals surface area contributed by atoms with Gasteiger partial charge in [0.05, 0.1) is 36.8 Å². The van der Waals surface area contributed by atoms with Crippen molar-refractivity contribution in [3.05, 3.63) is 50.2 Å². The van der Waals surface area contributed by atoms with Crippen LogP contribution in [-0.4, -0.2) is 49.2 Å². The number of halogens is 1. The molecule has 1 unspecified atom stereocenters. The molecule has 1 heterocycles. The minimum Gasteiger partial charge on any atom is -0.466 e. The molecule has 2 rings (SSSR count). The molecule has 0 saturated carbocycles. The van der Waals surface area contributed by atoms with Crippen molar-refractivity contribution in [2.24, 2.45) is 0 Å². The van der Waals surface area contributed by atoms with Gasteiger partial charge in [-0.25, -0.2) is 9.59 Å². The highest BCUT2D eigenvalue weighted by atomic mass is 35.5. The summed E-state index contributed by atoms with van der Waals surface area (Å²) >= 11 is 5.84. The van der Waals surface area contributed by atoms with E-state index in [1.807, 2.05) is 0 Å². The van der Waals surface area contributed by atoms with Crippen LogP contribution in [0, 0.1) is 10.1 Å². The number of nitro groups is 1. The predicted molar refractivity (Wildman–Crippen MR) is 92.7 cm³/mol. The first-order valence-corrected chi connectivity index (χ1v) is 7.99. The number of nitro benzene ring substituents is 1. The van der Waals surface area contributed by atoms with Gasteiger partial charge < -0.3 is 14.8 Å². The molecular formula is C16H18ClN3O6. The Balaban J connectivity index is 2.55. The van der Waals surface area contributed by atoms with Gasteiger partial charge in [0.1, 0.15) is 5.02 Å². The molecule has 0 radical (unpaired) electrons. The van der Waals surface area contributed by atoms with Crippen molar-refractivity contribution in [1.82, 2.24) is 10.2 Å². The van der Waals surface area contributed by atoms with E-state index >= 15 is 0 Å². The van der Waals surface area contributed by atoms with Crippen LogP contribution in [0.4, 0.5) is 10.5 Å². The molecule has 0 spiro atoms. The summed E-state index contributed by atoms with van der Waals surface area (Å²) in [6, 6.07) is 2.75. The Labute approximate surface area is 154 Å². The van der Waals surface area contributed by atoms with Gasteiger partial charge in [0, 0.05) is 18.9 Å². The van der Waals surface area contributed by atoms with Gasteiger partial charge in [-0.2, -0.15) is 0 Å². The Bertz CT molecular complexity index is 779. The summed E-state index contributed by atoms with van der Waals surface area (Å²) < 4.78 is 9.82. The zero-order chi connectivity index (χ0) is 19.4. The highest BCUT2D eigenvalue weighted by Gasteiger charge is 2.36. The molecule has 1 N–H and O–H groups in total. The number of methoxy groups -OCH3 is 2. The second-order valence-electron chi connectivity index (χ2n) is 5.49. The molecule has 9 nitrogen and oxygen atoms in total. The van der Waals surface area contributed by atoms with Gasteiger partial charge in [-0.05, 0) is 18.6 Å². The van der Waals surface area contributed by atoms with E-state index in [0.717, 1.165) is 0 Å². The fourth-order valence-corrected chi connectivity index (χ4v) is 2.89. The number of hydrogen-bond acceptors (Lipinski definition) is 6. The lowest BCUT2D eigenvalue weighted by molar-refractivity contribution is -0.384. The molecule has 0 bridgehead atoms. The number of allylic oxidation sites excluding steroid dienone is 1. The molecule has 140 valence electrons. The van der Waals surface area contributed by atoms with E-state index < -0.39 is 23.0 Å². The molecule has 2 amide bonds. The molecule has 1 atom stereocenters. The second-order valence-corrected chi connectivity index (χ2v) is 5.89. The van der Waals surface area contributed by atoms with Gasteiger partial charge >= 0.3 is 12.0 Å². The lowest BCUT2D eigenvalue weighted by atomic mass is 9.94. The molecule has 0 aliphatic carbocycles. The zero-order valence-electron chi connectivity index (χ0n) is 14.4. The van der Waals surface area contributed by atoms with Crippen LogP contribution in [0.3, 0.4) is 0 Å². The van der Waals surface area contributed by atoms with Gasteiger partial charge in [0.2, 0.25) is 0 Å². The van der Waals surface area contributed by atoms with E-state index in [4.69, 9.17) is 21.1 Å². The lowest BCUT2D eigenvalue weighted by Gasteiger charge is -2.35. The van der Waals surface area contributed by atoms with Crippen molar-refractivity contribution >= 4 is 29.3 Å². The summed E-state index contributed by atoms with van der Waals surface area (Å²) in [5.41, 5.74) is 0.600. The first-order chi connectivity index (χ1) is 12.3. The smallest absolute Gasteiger partial charge is 0.337 e. The quantitative estimate of drug-likeness (QED) is 0.458. The first-order valence-electron chi connectivity index (χ1n) is 7.61. The number of carbonyl (C=O) groups excluding carboxylic acids is 2. The Morgan fingerprint density at radius 2 is 2.12 bits per heavy atom. The van der Waals surface area contributed by atoms with Gasteiger partial charge in [-0.3, -0.25) is 15.0 Å². The number of carbonyl (C=O) groups is 2. The summed E-state index contributed by atoms with van der Waals surface area (Å²) in [4.78, 5) is 36.6. The van der Waals surface area contributed by atoms with E-state index in [1.165, 1.54) is 37.3 Å². The summed E-state index contributed by atoms with van der Waals surface area (Å²) in [7, 11) is 2.72. The van der Waals surface area contributed by atoms with Gasteiger partial charge in [0.25, 0.3) is 5.69 Å². The van der Waals surface area contributed by atoms with Crippen LogP contribution in [0.15, 0.2) is 29.5 Å². The van der Waals surface area contributed by atoms with Crippen molar-refractivity contribution in [2.75, 3.05) is 27.4 Å². The number of nitrogens with one attached hydrogen (secondary N) is 1. The number of urea groups is 1. The third-order valence-corrected chi connectivity index (χ3v) is 4.34. The van der Waals surface area contributed by atoms with Crippen LogP contribution in [0.1, 0.15) is 18.5 Å². The van der Waals surface area contributed by atoms with Crippen molar-refractivity contribution in [3.8, 4) is 0 Å². The average molecular weight is 384 g/mol. The number of amides is 2. The number of esters is 1. The van der Waals surface area contributed by atoms with Crippen molar-refractivity contribution in [1.29, 1.82) is 0 Å². The molecule has 10 heteroatoms. The highest BCUT2D eigenvalue weighted by Crippen LogP contribution is 2.34. The number of benzene rings is 1. The standard InChI is InChI=1S/C16H18ClN3O6/c1-9-13(15(21)26-3)14(18-16(22)19(9)6-7-25-2)10-4-5-11(17)12(8-10)20(23)24/h4-5,8,14H,6-7H2,1-3H3,(H,18,22). The number of nitrogens with zero attached hydrogens (tertiary/aromatic N) is 2. The molecule has 1 aromatic carbocycles. The number of hydrogen-bond donors (Lipinski definition) is 1. The minimum atomic E-state index is -0.898. The fraction of sp³-hybridized carbons (Fsp3) is 0.375. The number of rotatable bonds is 6. The molecule has 1 aliphatic rings. The highest BCUT2D eigenvalue weighted by molar-refractivity contribution is 6.32. The largest absolute Gasteiger partial charge is 0.466 e. The van der Waals surface area contributed by atoms with Gasteiger partial charge in [0.15, 0.2) is 0 Å². The van der Waals surface area contributed by atoms with Crippen LogP contribution >= 0.6 is 11.6 Å². The van der Waals surface area contributed by atoms with Crippen molar-refractivity contribution < 1.29 is 24.0 Å². The van der Waals surface area contributed by atoms with Crippen molar-refractivity contribution in [2.45, 2.75) is 13.0 Å². The summed E-state index contributed by atoms with van der Waals surface area (Å²) in [6.07, 6.45) is 0. The van der Waals surface area contributed by atoms with Crippen LogP contribution in [0.2, 0.25) is 5.02 Å². The normalized spacial score (nSPS) is 17.2. The van der Waals surface area contributed by atoms with E-state index in [1.54, 1.807) is 6.92 Å². The monoisotopic (exact) mass is 383 g/mol. The number of ether oxygens (including phenoxy) is 2. The fourth-order valence-electron chi connectivity index (χ4n) is 2.71. The maximum absolute atomic E-state index is 12.4. The third kappa shape index (κ3) is 3.78. The van der Waals surface area contributed by atoms with E-state index in [0.29, 0.717) is 11.3 Å². The maximum Gasteiger partial charge on any atom is 0.337 e. The lowest BCUT2D eigenvalue weighted by Crippen LogP contribution is -2.48. The third-order valence-electron chi connectivity index (χ3n) is 4.02. The Hall–Kier alpha value is -2.65. The topological polar surface area (TPSA) is 111 Å². The summed E-state index contributed by atoms with van der Waals surface area (Å²) in [6.45, 7) is 2.12. The van der Waals surface area contributed by atoms with Gasteiger partial charge in [-0.1, -0.05) is 17.7 Å². The Morgan fingerprint density at radius 1 is 1.42 bits per heavy atom. The van der Waals surface area contributed by atoms with Crippen LogP contribution in [-0.2, 0) is 14.3 Å². The molecule has 0 saturated heterocycles. The zero-order valence-corrected chi connectivity index (χ0v) is 15.2. The van der Waals surface area contributed by atoms with Crippen LogP contribution in [0.25, 0.3) is 0 Å². The van der Waals surface area contributed by atoms with Crippen LogP contribution < -0.4 is 5.32 Å². The molecule has 1 aromatic rings. The van der Waals surface area contributed by atoms with Gasteiger partial charge in [-0.15, -0.1) is 0 Å². The molecule has 0 fully saturated rings. The van der Waals surface area contributed by atoms with Crippen LogP contribution in [0.5, 0.6) is 0 Å².